The Labute approximate surface area is 85.8 Å². The van der Waals surface area contributed by atoms with Crippen LogP contribution in [0.5, 0.6) is 0 Å². The average molecular weight is 202 g/mol. The van der Waals surface area contributed by atoms with Gasteiger partial charge in [0.2, 0.25) is 5.91 Å². The third-order valence-corrected chi connectivity index (χ3v) is 1.70. The zero-order valence-corrected chi connectivity index (χ0v) is 8.94. The Hall–Kier alpha value is -0.650. The number of hydrogen-bond acceptors (Lipinski definition) is 4. The fourth-order valence-electron chi connectivity index (χ4n) is 1.02. The van der Waals surface area contributed by atoms with Gasteiger partial charge in [-0.1, -0.05) is 0 Å². The number of rotatable bonds is 9. The van der Waals surface area contributed by atoms with Crippen molar-refractivity contribution in [2.24, 2.45) is 5.73 Å². The Kier molecular flexibility index (Phi) is 9.95. The molecule has 0 radical (unpaired) electrons. The lowest BCUT2D eigenvalue weighted by Crippen LogP contribution is -2.33. The van der Waals surface area contributed by atoms with Gasteiger partial charge in [0.1, 0.15) is 0 Å². The molecule has 0 saturated carbocycles. The largest absolute Gasteiger partial charge is 0.356 e. The van der Waals surface area contributed by atoms with E-state index in [1.807, 2.05) is 6.92 Å². The van der Waals surface area contributed by atoms with E-state index < -0.39 is 0 Å². The van der Waals surface area contributed by atoms with Gasteiger partial charge in [-0.15, -0.1) is 0 Å². The molecule has 0 aliphatic rings. The molecule has 84 valence electrons. The molecule has 0 unspecified atom stereocenters. The Morgan fingerprint density at radius 2 is 1.79 bits per heavy atom. The van der Waals surface area contributed by atoms with Crippen LogP contribution in [0.3, 0.4) is 0 Å². The van der Waals surface area contributed by atoms with E-state index in [-0.39, 0.29) is 5.91 Å². The first-order chi connectivity index (χ1) is 6.81. The van der Waals surface area contributed by atoms with E-state index in [0.29, 0.717) is 19.5 Å². The van der Waals surface area contributed by atoms with Crippen LogP contribution in [-0.4, -0.2) is 45.2 Å². The Bertz CT molecular complexity index is 141. The highest BCUT2D eigenvalue weighted by Gasteiger charge is 1.96. The molecule has 0 spiro atoms. The van der Waals surface area contributed by atoms with E-state index in [9.17, 15) is 4.79 Å². The molecule has 0 aromatic heterocycles. The van der Waals surface area contributed by atoms with E-state index >= 15 is 0 Å². The molecule has 5 N–H and O–H groups in total. The SMILES string of the molecule is CCNC(=O)CCNCCNCCN. The number of carbonyl (C=O) groups is 1. The molecule has 0 aromatic rings. The monoisotopic (exact) mass is 202 g/mol. The number of hydrogen-bond donors (Lipinski definition) is 4. The van der Waals surface area contributed by atoms with Gasteiger partial charge >= 0.3 is 0 Å². The molecular weight excluding hydrogens is 180 g/mol. The zero-order chi connectivity index (χ0) is 10.6. The number of nitrogens with one attached hydrogen (secondary N) is 3. The van der Waals surface area contributed by atoms with Crippen LogP contribution in [0, 0.1) is 0 Å². The summed E-state index contributed by atoms with van der Waals surface area (Å²) in [4.78, 5) is 11.0. The smallest absolute Gasteiger partial charge is 0.221 e. The number of nitrogens with two attached hydrogens (primary N) is 1. The highest BCUT2D eigenvalue weighted by Crippen LogP contribution is 1.75. The fraction of sp³-hybridized carbons (Fsp3) is 0.889. The molecule has 0 fully saturated rings. The third-order valence-electron chi connectivity index (χ3n) is 1.70. The second-order valence-corrected chi connectivity index (χ2v) is 2.99. The van der Waals surface area contributed by atoms with Crippen LogP contribution in [-0.2, 0) is 4.79 Å². The van der Waals surface area contributed by atoms with Crippen LogP contribution in [0.4, 0.5) is 0 Å². The maximum Gasteiger partial charge on any atom is 0.221 e. The lowest BCUT2D eigenvalue weighted by molar-refractivity contribution is -0.120. The molecule has 5 nitrogen and oxygen atoms in total. The van der Waals surface area contributed by atoms with Crippen molar-refractivity contribution < 1.29 is 4.79 Å². The molecule has 14 heavy (non-hydrogen) atoms. The van der Waals surface area contributed by atoms with Crippen molar-refractivity contribution in [2.45, 2.75) is 13.3 Å². The number of amides is 1. The molecule has 0 aliphatic heterocycles. The van der Waals surface area contributed by atoms with Gasteiger partial charge in [-0.05, 0) is 6.92 Å². The van der Waals surface area contributed by atoms with Crippen molar-refractivity contribution in [3.8, 4) is 0 Å². The van der Waals surface area contributed by atoms with Crippen LogP contribution in [0.25, 0.3) is 0 Å². The first kappa shape index (κ1) is 13.4. The quantitative estimate of drug-likeness (QED) is 0.349. The Morgan fingerprint density at radius 1 is 1.14 bits per heavy atom. The average Bonchev–Trinajstić information content (AvgIpc) is 2.17. The van der Waals surface area contributed by atoms with Crippen molar-refractivity contribution in [1.29, 1.82) is 0 Å². The third kappa shape index (κ3) is 9.44. The van der Waals surface area contributed by atoms with Gasteiger partial charge in [-0.3, -0.25) is 4.79 Å². The van der Waals surface area contributed by atoms with Crippen molar-refractivity contribution in [1.82, 2.24) is 16.0 Å². The molecule has 0 aliphatic carbocycles. The standard InChI is InChI=1S/C9H22N4O/c1-2-13-9(14)3-5-11-7-8-12-6-4-10/h11-12H,2-8,10H2,1H3,(H,13,14). The van der Waals surface area contributed by atoms with Gasteiger partial charge in [0, 0.05) is 45.7 Å². The van der Waals surface area contributed by atoms with Gasteiger partial charge in [-0.25, -0.2) is 0 Å². The van der Waals surface area contributed by atoms with Gasteiger partial charge in [0.05, 0.1) is 0 Å². The summed E-state index contributed by atoms with van der Waals surface area (Å²) in [6.45, 7) is 6.64. The van der Waals surface area contributed by atoms with Crippen molar-refractivity contribution >= 4 is 5.91 Å². The molecule has 0 bridgehead atoms. The summed E-state index contributed by atoms with van der Waals surface area (Å²) in [5.74, 6) is 0.106. The number of carbonyl (C=O) groups excluding carboxylic acids is 1. The molecule has 0 aromatic carbocycles. The maximum atomic E-state index is 11.0. The minimum absolute atomic E-state index is 0.106. The van der Waals surface area contributed by atoms with Gasteiger partial charge in [0.25, 0.3) is 0 Å². The van der Waals surface area contributed by atoms with Crippen molar-refractivity contribution in [3.05, 3.63) is 0 Å². The van der Waals surface area contributed by atoms with Gasteiger partial charge in [0.15, 0.2) is 0 Å². The first-order valence-corrected chi connectivity index (χ1v) is 5.19. The second kappa shape index (κ2) is 10.4. The van der Waals surface area contributed by atoms with Crippen LogP contribution in [0.2, 0.25) is 0 Å². The predicted molar refractivity (Wildman–Crippen MR) is 58.1 cm³/mol. The maximum absolute atomic E-state index is 11.0. The van der Waals surface area contributed by atoms with Gasteiger partial charge < -0.3 is 21.7 Å². The summed E-state index contributed by atoms with van der Waals surface area (Å²) < 4.78 is 0. The van der Waals surface area contributed by atoms with Crippen LogP contribution in [0.15, 0.2) is 0 Å². The predicted octanol–water partition coefficient (Wildman–Crippen LogP) is -1.35. The minimum Gasteiger partial charge on any atom is -0.356 e. The highest BCUT2D eigenvalue weighted by atomic mass is 16.1. The second-order valence-electron chi connectivity index (χ2n) is 2.99. The molecular formula is C9H22N4O. The summed E-state index contributed by atoms with van der Waals surface area (Å²) in [5, 5.41) is 9.08. The molecule has 0 rings (SSSR count). The lowest BCUT2D eigenvalue weighted by Gasteiger charge is -2.05. The molecule has 0 saturated heterocycles. The Morgan fingerprint density at radius 3 is 2.36 bits per heavy atom. The molecule has 1 amide bonds. The molecule has 5 heteroatoms. The Balaban J connectivity index is 3.01. The molecule has 0 heterocycles. The van der Waals surface area contributed by atoms with E-state index in [1.165, 1.54) is 0 Å². The summed E-state index contributed by atoms with van der Waals surface area (Å²) in [7, 11) is 0. The minimum atomic E-state index is 0.106. The first-order valence-electron chi connectivity index (χ1n) is 5.19. The van der Waals surface area contributed by atoms with Crippen LogP contribution in [0.1, 0.15) is 13.3 Å². The topological polar surface area (TPSA) is 79.2 Å². The summed E-state index contributed by atoms with van der Waals surface area (Å²) in [6, 6.07) is 0. The van der Waals surface area contributed by atoms with Crippen molar-refractivity contribution in [3.63, 3.8) is 0 Å². The van der Waals surface area contributed by atoms with Crippen molar-refractivity contribution in [2.75, 3.05) is 39.3 Å². The fourth-order valence-corrected chi connectivity index (χ4v) is 1.02. The van der Waals surface area contributed by atoms with E-state index in [0.717, 1.165) is 26.2 Å². The van der Waals surface area contributed by atoms with E-state index in [4.69, 9.17) is 5.73 Å². The molecule has 0 atom stereocenters. The highest BCUT2D eigenvalue weighted by molar-refractivity contribution is 5.75. The summed E-state index contributed by atoms with van der Waals surface area (Å²) in [6.07, 6.45) is 0.546. The van der Waals surface area contributed by atoms with E-state index in [2.05, 4.69) is 16.0 Å². The summed E-state index contributed by atoms with van der Waals surface area (Å²) in [5.41, 5.74) is 5.31. The van der Waals surface area contributed by atoms with Crippen LogP contribution >= 0.6 is 0 Å². The zero-order valence-electron chi connectivity index (χ0n) is 8.94. The van der Waals surface area contributed by atoms with Gasteiger partial charge in [-0.2, -0.15) is 0 Å². The van der Waals surface area contributed by atoms with Crippen LogP contribution < -0.4 is 21.7 Å². The normalized spacial score (nSPS) is 10.1. The lowest BCUT2D eigenvalue weighted by atomic mass is 10.4. The van der Waals surface area contributed by atoms with E-state index in [1.54, 1.807) is 0 Å². The summed E-state index contributed by atoms with van der Waals surface area (Å²) >= 11 is 0.